The van der Waals surface area contributed by atoms with Gasteiger partial charge in [0.2, 0.25) is 0 Å². The first-order valence-corrected chi connectivity index (χ1v) is 6.06. The molecule has 2 rings (SSSR count). The van der Waals surface area contributed by atoms with Gasteiger partial charge in [-0.1, -0.05) is 0 Å². The Balaban J connectivity index is 2.03. The lowest BCUT2D eigenvalue weighted by Crippen LogP contribution is -2.45. The van der Waals surface area contributed by atoms with Crippen LogP contribution in [-0.4, -0.2) is 55.2 Å². The molecule has 0 atom stereocenters. The van der Waals surface area contributed by atoms with Gasteiger partial charge >= 0.3 is 12.1 Å². The summed E-state index contributed by atoms with van der Waals surface area (Å²) in [7, 11) is 1.57. The van der Waals surface area contributed by atoms with Gasteiger partial charge in [-0.15, -0.1) is 0 Å². The number of furan rings is 1. The predicted molar refractivity (Wildman–Crippen MR) is 66.5 cm³/mol. The van der Waals surface area contributed by atoms with E-state index in [0.29, 0.717) is 32.8 Å². The maximum absolute atomic E-state index is 12.3. The Labute approximate surface area is 111 Å². The summed E-state index contributed by atoms with van der Waals surface area (Å²) in [6, 6.07) is 1.13. The van der Waals surface area contributed by atoms with Crippen LogP contribution in [0.25, 0.3) is 0 Å². The molecule has 1 aromatic rings. The maximum atomic E-state index is 12.3. The Morgan fingerprint density at radius 1 is 1.63 bits per heavy atom. The number of carbonyl (C=O) groups is 2. The number of methoxy groups -OCH3 is 1. The van der Waals surface area contributed by atoms with Gasteiger partial charge in [-0.2, -0.15) is 0 Å². The summed E-state index contributed by atoms with van der Waals surface area (Å²) < 4.78 is 9.98. The molecule has 1 aromatic heterocycles. The molecule has 0 bridgehead atoms. The average molecular weight is 267 g/mol. The standard InChI is InChI=1S/C12H17N3O4/c1-18-7-5-14(8-10-2-6-19-9-10)12(17)15-4-3-13-11(15)16/h2,6,9H,3-5,7-8H2,1H3,(H,13,16). The maximum Gasteiger partial charge on any atom is 0.328 e. The molecule has 1 aliphatic heterocycles. The predicted octanol–water partition coefficient (Wildman–Crippen LogP) is 0.873. The van der Waals surface area contributed by atoms with E-state index >= 15 is 0 Å². The Kier molecular flexibility index (Phi) is 4.40. The molecule has 19 heavy (non-hydrogen) atoms. The second-order valence-corrected chi connectivity index (χ2v) is 4.21. The molecule has 0 aliphatic carbocycles. The lowest BCUT2D eigenvalue weighted by molar-refractivity contribution is 0.130. The van der Waals surface area contributed by atoms with Crippen molar-refractivity contribution in [3.63, 3.8) is 0 Å². The lowest BCUT2D eigenvalue weighted by Gasteiger charge is -2.25. The molecular formula is C12H17N3O4. The molecule has 1 aliphatic rings. The van der Waals surface area contributed by atoms with Crippen LogP contribution in [0.4, 0.5) is 9.59 Å². The number of ether oxygens (including phenoxy) is 1. The molecule has 1 fully saturated rings. The van der Waals surface area contributed by atoms with E-state index in [1.807, 2.05) is 0 Å². The fraction of sp³-hybridized carbons (Fsp3) is 0.500. The van der Waals surface area contributed by atoms with Gasteiger partial charge in [0.15, 0.2) is 0 Å². The smallest absolute Gasteiger partial charge is 0.328 e. The van der Waals surface area contributed by atoms with Crippen molar-refractivity contribution in [1.29, 1.82) is 0 Å². The van der Waals surface area contributed by atoms with Gasteiger partial charge in [-0.25, -0.2) is 14.5 Å². The lowest BCUT2D eigenvalue weighted by atomic mass is 10.3. The molecule has 7 nitrogen and oxygen atoms in total. The number of nitrogens with zero attached hydrogens (tertiary/aromatic N) is 2. The summed E-state index contributed by atoms with van der Waals surface area (Å²) >= 11 is 0. The van der Waals surface area contributed by atoms with Crippen molar-refractivity contribution in [2.75, 3.05) is 33.4 Å². The number of amides is 4. The Morgan fingerprint density at radius 3 is 3.05 bits per heavy atom. The Morgan fingerprint density at radius 2 is 2.47 bits per heavy atom. The summed E-state index contributed by atoms with van der Waals surface area (Å²) in [6.45, 7) is 2.12. The van der Waals surface area contributed by atoms with E-state index in [9.17, 15) is 9.59 Å². The molecule has 1 N–H and O–H groups in total. The fourth-order valence-electron chi connectivity index (χ4n) is 1.87. The third kappa shape index (κ3) is 3.25. The third-order valence-electron chi connectivity index (χ3n) is 2.88. The molecule has 7 heteroatoms. The van der Waals surface area contributed by atoms with Crippen LogP contribution >= 0.6 is 0 Å². The first kappa shape index (κ1) is 13.4. The quantitative estimate of drug-likeness (QED) is 0.859. The fourth-order valence-corrected chi connectivity index (χ4v) is 1.87. The summed E-state index contributed by atoms with van der Waals surface area (Å²) in [5.41, 5.74) is 0.879. The van der Waals surface area contributed by atoms with E-state index in [-0.39, 0.29) is 12.1 Å². The van der Waals surface area contributed by atoms with E-state index in [4.69, 9.17) is 9.15 Å². The summed E-state index contributed by atoms with van der Waals surface area (Å²) in [6.07, 6.45) is 3.13. The van der Waals surface area contributed by atoms with Crippen LogP contribution < -0.4 is 5.32 Å². The third-order valence-corrected chi connectivity index (χ3v) is 2.88. The van der Waals surface area contributed by atoms with Gasteiger partial charge in [-0.05, 0) is 6.07 Å². The molecule has 0 radical (unpaired) electrons. The van der Waals surface area contributed by atoms with E-state index in [0.717, 1.165) is 5.56 Å². The van der Waals surface area contributed by atoms with Gasteiger partial charge in [0.1, 0.15) is 0 Å². The highest BCUT2D eigenvalue weighted by molar-refractivity contribution is 5.94. The molecule has 1 saturated heterocycles. The summed E-state index contributed by atoms with van der Waals surface area (Å²) in [4.78, 5) is 26.6. The van der Waals surface area contributed by atoms with Crippen LogP contribution in [0.3, 0.4) is 0 Å². The number of hydrogen-bond acceptors (Lipinski definition) is 4. The summed E-state index contributed by atoms with van der Waals surface area (Å²) in [5, 5.41) is 2.61. The van der Waals surface area contributed by atoms with Gasteiger partial charge in [0, 0.05) is 32.3 Å². The SMILES string of the molecule is COCCN(Cc1ccoc1)C(=O)N1CCNC1=O. The van der Waals surface area contributed by atoms with Crippen molar-refractivity contribution >= 4 is 12.1 Å². The molecule has 104 valence electrons. The number of urea groups is 2. The van der Waals surface area contributed by atoms with Gasteiger partial charge in [0.05, 0.1) is 25.7 Å². The zero-order valence-corrected chi connectivity index (χ0v) is 10.8. The second-order valence-electron chi connectivity index (χ2n) is 4.21. The van der Waals surface area contributed by atoms with E-state index in [1.165, 1.54) is 4.90 Å². The minimum Gasteiger partial charge on any atom is -0.472 e. The van der Waals surface area contributed by atoms with Gasteiger partial charge in [-0.3, -0.25) is 0 Å². The highest BCUT2D eigenvalue weighted by Crippen LogP contribution is 2.10. The number of carbonyl (C=O) groups excluding carboxylic acids is 2. The van der Waals surface area contributed by atoms with Gasteiger partial charge in [0.25, 0.3) is 0 Å². The Bertz CT molecular complexity index is 432. The molecule has 0 unspecified atom stereocenters. The zero-order chi connectivity index (χ0) is 13.7. The first-order chi connectivity index (χ1) is 9.22. The van der Waals surface area contributed by atoms with Crippen molar-refractivity contribution in [2.24, 2.45) is 0 Å². The minimum atomic E-state index is -0.348. The zero-order valence-electron chi connectivity index (χ0n) is 10.8. The van der Waals surface area contributed by atoms with Crippen molar-refractivity contribution in [3.8, 4) is 0 Å². The largest absolute Gasteiger partial charge is 0.472 e. The number of imide groups is 1. The molecule has 4 amide bonds. The van der Waals surface area contributed by atoms with E-state index < -0.39 is 0 Å². The normalized spacial score (nSPS) is 14.6. The van der Waals surface area contributed by atoms with E-state index in [1.54, 1.807) is 30.6 Å². The van der Waals surface area contributed by atoms with Crippen molar-refractivity contribution in [2.45, 2.75) is 6.54 Å². The topological polar surface area (TPSA) is 75.0 Å². The molecule has 0 saturated carbocycles. The van der Waals surface area contributed by atoms with E-state index in [2.05, 4.69) is 5.32 Å². The van der Waals surface area contributed by atoms with Gasteiger partial charge < -0.3 is 19.4 Å². The molecule has 0 spiro atoms. The van der Waals surface area contributed by atoms with Crippen LogP contribution in [0.1, 0.15) is 5.56 Å². The van der Waals surface area contributed by atoms with Crippen LogP contribution in [0.15, 0.2) is 23.0 Å². The molecular weight excluding hydrogens is 250 g/mol. The highest BCUT2D eigenvalue weighted by Gasteiger charge is 2.30. The minimum absolute atomic E-state index is 0.312. The number of hydrogen-bond donors (Lipinski definition) is 1. The van der Waals surface area contributed by atoms with Crippen LogP contribution in [-0.2, 0) is 11.3 Å². The van der Waals surface area contributed by atoms with Crippen LogP contribution in [0.2, 0.25) is 0 Å². The van der Waals surface area contributed by atoms with Crippen molar-refractivity contribution in [1.82, 2.24) is 15.1 Å². The summed E-state index contributed by atoms with van der Waals surface area (Å²) in [5.74, 6) is 0. The van der Waals surface area contributed by atoms with Crippen LogP contribution in [0, 0.1) is 0 Å². The number of nitrogens with one attached hydrogen (secondary N) is 1. The van der Waals surface area contributed by atoms with Crippen molar-refractivity contribution in [3.05, 3.63) is 24.2 Å². The monoisotopic (exact) mass is 267 g/mol. The molecule has 2 heterocycles. The average Bonchev–Trinajstić information content (AvgIpc) is 3.05. The van der Waals surface area contributed by atoms with Crippen LogP contribution in [0.5, 0.6) is 0 Å². The highest BCUT2D eigenvalue weighted by atomic mass is 16.5. The second kappa shape index (κ2) is 6.24. The number of rotatable bonds is 5. The first-order valence-electron chi connectivity index (χ1n) is 6.06. The van der Waals surface area contributed by atoms with Crippen molar-refractivity contribution < 1.29 is 18.7 Å². The Hall–Kier alpha value is -2.02. The molecule has 0 aromatic carbocycles.